The van der Waals surface area contributed by atoms with Crippen LogP contribution in [0.5, 0.6) is 0 Å². The summed E-state index contributed by atoms with van der Waals surface area (Å²) in [7, 11) is -3.61. The zero-order valence-electron chi connectivity index (χ0n) is 10.8. The van der Waals surface area contributed by atoms with Crippen LogP contribution in [0.15, 0.2) is 53.6 Å². The Hall–Kier alpha value is -2.34. The quantitative estimate of drug-likeness (QED) is 0.777. The normalized spacial score (nSPS) is 11.7. The van der Waals surface area contributed by atoms with Gasteiger partial charge in [-0.3, -0.25) is 9.82 Å². The van der Waals surface area contributed by atoms with Crippen LogP contribution in [-0.4, -0.2) is 18.6 Å². The fourth-order valence-electron chi connectivity index (χ4n) is 2.11. The van der Waals surface area contributed by atoms with Crippen LogP contribution in [-0.2, 0) is 10.0 Å². The number of rotatable bonds is 3. The van der Waals surface area contributed by atoms with Gasteiger partial charge in [-0.05, 0) is 24.6 Å². The third-order valence-corrected chi connectivity index (χ3v) is 4.63. The topological polar surface area (TPSA) is 74.8 Å². The molecule has 5 nitrogen and oxygen atoms in total. The van der Waals surface area contributed by atoms with Gasteiger partial charge in [0.1, 0.15) is 0 Å². The van der Waals surface area contributed by atoms with E-state index in [2.05, 4.69) is 14.9 Å². The maximum atomic E-state index is 12.4. The van der Waals surface area contributed by atoms with Crippen LogP contribution in [0.3, 0.4) is 0 Å². The first kappa shape index (κ1) is 12.7. The number of anilines is 1. The number of para-hydroxylation sites is 1. The molecule has 1 heterocycles. The molecule has 1 aromatic heterocycles. The van der Waals surface area contributed by atoms with E-state index in [0.717, 1.165) is 5.39 Å². The number of aromatic nitrogens is 2. The second-order valence-corrected chi connectivity index (χ2v) is 6.16. The average Bonchev–Trinajstić information content (AvgIpc) is 2.88. The van der Waals surface area contributed by atoms with Crippen LogP contribution in [0.4, 0.5) is 5.69 Å². The molecule has 0 aliphatic rings. The summed E-state index contributed by atoms with van der Waals surface area (Å²) in [5.74, 6) is 0. The lowest BCUT2D eigenvalue weighted by molar-refractivity contribution is 0.600. The van der Waals surface area contributed by atoms with Crippen molar-refractivity contribution in [3.8, 4) is 0 Å². The summed E-state index contributed by atoms with van der Waals surface area (Å²) in [5.41, 5.74) is 1.87. The largest absolute Gasteiger partial charge is 0.277 e. The van der Waals surface area contributed by atoms with Gasteiger partial charge in [-0.25, -0.2) is 8.42 Å². The average molecular weight is 287 g/mol. The molecule has 102 valence electrons. The van der Waals surface area contributed by atoms with Gasteiger partial charge in [-0.1, -0.05) is 30.3 Å². The Morgan fingerprint density at radius 2 is 1.90 bits per heavy atom. The third-order valence-electron chi connectivity index (χ3n) is 3.10. The predicted octanol–water partition coefficient (Wildman–Crippen LogP) is 2.67. The number of fused-ring (bicyclic) bond motifs is 1. The smallest absolute Gasteiger partial charge is 0.262 e. The van der Waals surface area contributed by atoms with Crippen LogP contribution >= 0.6 is 0 Å². The number of aryl methyl sites for hydroxylation is 1. The maximum Gasteiger partial charge on any atom is 0.262 e. The lowest BCUT2D eigenvalue weighted by Gasteiger charge is -2.10. The standard InChI is InChI=1S/C14H13N3O2S/c1-10-5-2-3-8-13(10)20(18,19)17-12-7-4-6-11-9-15-16-14(11)12/h2-9,17H,1H3,(H,15,16). The number of nitrogens with zero attached hydrogens (tertiary/aromatic N) is 1. The molecule has 6 heteroatoms. The molecule has 3 rings (SSSR count). The molecule has 0 amide bonds. The fraction of sp³-hybridized carbons (Fsp3) is 0.0714. The van der Waals surface area contributed by atoms with Crippen molar-refractivity contribution in [2.45, 2.75) is 11.8 Å². The van der Waals surface area contributed by atoms with Crippen LogP contribution < -0.4 is 4.72 Å². The first-order chi connectivity index (χ1) is 9.58. The predicted molar refractivity (Wildman–Crippen MR) is 78.1 cm³/mol. The van der Waals surface area contributed by atoms with E-state index in [-0.39, 0.29) is 4.90 Å². The Kier molecular flexibility index (Phi) is 2.94. The van der Waals surface area contributed by atoms with Crippen LogP contribution in [0.1, 0.15) is 5.56 Å². The van der Waals surface area contributed by atoms with Gasteiger partial charge in [0.25, 0.3) is 10.0 Å². The summed E-state index contributed by atoms with van der Waals surface area (Å²) in [6.45, 7) is 1.77. The molecule has 0 radical (unpaired) electrons. The number of sulfonamides is 1. The zero-order chi connectivity index (χ0) is 14.2. The Bertz CT molecular complexity index is 869. The molecule has 2 aromatic carbocycles. The van der Waals surface area contributed by atoms with E-state index in [9.17, 15) is 8.42 Å². The highest BCUT2D eigenvalue weighted by atomic mass is 32.2. The van der Waals surface area contributed by atoms with Gasteiger partial charge in [0.2, 0.25) is 0 Å². The molecule has 0 aliphatic heterocycles. The lowest BCUT2D eigenvalue weighted by Crippen LogP contribution is -2.14. The second-order valence-electron chi connectivity index (χ2n) is 4.51. The Labute approximate surface area is 116 Å². The summed E-state index contributed by atoms with van der Waals surface area (Å²) in [4.78, 5) is 0.275. The summed E-state index contributed by atoms with van der Waals surface area (Å²) in [6, 6.07) is 12.2. The molecule has 0 bridgehead atoms. The molecule has 0 unspecified atom stereocenters. The number of aromatic amines is 1. The van der Waals surface area contributed by atoms with Gasteiger partial charge >= 0.3 is 0 Å². The monoisotopic (exact) mass is 287 g/mol. The Morgan fingerprint density at radius 3 is 2.70 bits per heavy atom. The van der Waals surface area contributed by atoms with Crippen LogP contribution in [0.2, 0.25) is 0 Å². The molecule has 0 saturated heterocycles. The molecular weight excluding hydrogens is 274 g/mol. The number of hydrogen-bond acceptors (Lipinski definition) is 3. The molecule has 0 saturated carbocycles. The van der Waals surface area contributed by atoms with Crippen molar-refractivity contribution >= 4 is 26.6 Å². The van der Waals surface area contributed by atoms with Crippen LogP contribution in [0.25, 0.3) is 10.9 Å². The van der Waals surface area contributed by atoms with Gasteiger partial charge in [0, 0.05) is 5.39 Å². The van der Waals surface area contributed by atoms with Gasteiger partial charge < -0.3 is 0 Å². The number of benzene rings is 2. The summed E-state index contributed by atoms with van der Waals surface area (Å²) in [5, 5.41) is 7.58. The zero-order valence-corrected chi connectivity index (χ0v) is 11.6. The van der Waals surface area contributed by atoms with E-state index < -0.39 is 10.0 Å². The minimum absolute atomic E-state index is 0.275. The molecule has 0 spiro atoms. The van der Waals surface area contributed by atoms with E-state index >= 15 is 0 Å². The number of hydrogen-bond donors (Lipinski definition) is 2. The van der Waals surface area contributed by atoms with Gasteiger partial charge in [-0.15, -0.1) is 0 Å². The molecule has 3 aromatic rings. The van der Waals surface area contributed by atoms with E-state index in [1.165, 1.54) is 0 Å². The highest BCUT2D eigenvalue weighted by Gasteiger charge is 2.17. The van der Waals surface area contributed by atoms with Gasteiger partial charge in [0.05, 0.1) is 22.3 Å². The highest BCUT2D eigenvalue weighted by molar-refractivity contribution is 7.92. The molecule has 0 fully saturated rings. The Morgan fingerprint density at radius 1 is 1.10 bits per heavy atom. The minimum atomic E-state index is -3.61. The van der Waals surface area contributed by atoms with E-state index in [0.29, 0.717) is 16.8 Å². The second kappa shape index (κ2) is 4.64. The van der Waals surface area contributed by atoms with E-state index in [1.807, 2.05) is 12.1 Å². The number of H-pyrrole nitrogens is 1. The fourth-order valence-corrected chi connectivity index (χ4v) is 3.43. The van der Waals surface area contributed by atoms with E-state index in [1.54, 1.807) is 43.5 Å². The third kappa shape index (κ3) is 2.14. The highest BCUT2D eigenvalue weighted by Crippen LogP contribution is 2.24. The van der Waals surface area contributed by atoms with Crippen molar-refractivity contribution in [1.82, 2.24) is 10.2 Å². The summed E-state index contributed by atoms with van der Waals surface area (Å²) in [6.07, 6.45) is 1.65. The molecule has 0 aliphatic carbocycles. The molecule has 0 atom stereocenters. The van der Waals surface area contributed by atoms with Crippen molar-refractivity contribution in [3.05, 3.63) is 54.2 Å². The number of nitrogens with one attached hydrogen (secondary N) is 2. The molecule has 20 heavy (non-hydrogen) atoms. The van der Waals surface area contributed by atoms with Crippen molar-refractivity contribution in [1.29, 1.82) is 0 Å². The van der Waals surface area contributed by atoms with Crippen molar-refractivity contribution in [3.63, 3.8) is 0 Å². The first-order valence-corrected chi connectivity index (χ1v) is 7.57. The lowest BCUT2D eigenvalue weighted by atomic mass is 10.2. The minimum Gasteiger partial charge on any atom is -0.277 e. The molecular formula is C14H13N3O2S. The van der Waals surface area contributed by atoms with Gasteiger partial charge in [0.15, 0.2) is 0 Å². The molecule has 2 N–H and O–H groups in total. The van der Waals surface area contributed by atoms with Crippen molar-refractivity contribution < 1.29 is 8.42 Å². The SMILES string of the molecule is Cc1ccccc1S(=O)(=O)Nc1cccc2cn[nH]c12. The van der Waals surface area contributed by atoms with Gasteiger partial charge in [-0.2, -0.15) is 5.10 Å². The summed E-state index contributed by atoms with van der Waals surface area (Å²) < 4.78 is 27.5. The maximum absolute atomic E-state index is 12.4. The van der Waals surface area contributed by atoms with Crippen LogP contribution in [0, 0.1) is 6.92 Å². The first-order valence-electron chi connectivity index (χ1n) is 6.08. The van der Waals surface area contributed by atoms with Crippen molar-refractivity contribution in [2.24, 2.45) is 0 Å². The summed E-state index contributed by atoms with van der Waals surface area (Å²) >= 11 is 0. The van der Waals surface area contributed by atoms with E-state index in [4.69, 9.17) is 0 Å². The Balaban J connectivity index is 2.06. The van der Waals surface area contributed by atoms with Crippen molar-refractivity contribution in [2.75, 3.05) is 4.72 Å².